The Bertz CT molecular complexity index is 787. The molecule has 1 aliphatic heterocycles. The van der Waals surface area contributed by atoms with Crippen LogP contribution in [0.4, 0.5) is 10.1 Å². The van der Waals surface area contributed by atoms with Gasteiger partial charge in [0.25, 0.3) is 0 Å². The first kappa shape index (κ1) is 16.0. The van der Waals surface area contributed by atoms with Crippen molar-refractivity contribution in [2.75, 3.05) is 31.1 Å². The lowest BCUT2D eigenvalue weighted by atomic mass is 10.1. The van der Waals surface area contributed by atoms with Gasteiger partial charge in [-0.1, -0.05) is 6.07 Å². The number of amides is 1. The SMILES string of the molecule is Cc1cnn(CC(=O)N2CCN(c3cccc(F)c3C#N)CC2)c1. The van der Waals surface area contributed by atoms with Gasteiger partial charge in [0.05, 0.1) is 11.9 Å². The van der Waals surface area contributed by atoms with Gasteiger partial charge in [-0.2, -0.15) is 10.4 Å². The van der Waals surface area contributed by atoms with E-state index in [1.54, 1.807) is 27.9 Å². The van der Waals surface area contributed by atoms with Gasteiger partial charge >= 0.3 is 0 Å². The first-order chi connectivity index (χ1) is 11.6. The van der Waals surface area contributed by atoms with Crippen LogP contribution >= 0.6 is 0 Å². The van der Waals surface area contributed by atoms with Crippen molar-refractivity contribution < 1.29 is 9.18 Å². The Labute approximate surface area is 139 Å². The minimum atomic E-state index is -0.512. The van der Waals surface area contributed by atoms with E-state index in [4.69, 9.17) is 5.26 Å². The number of carbonyl (C=O) groups is 1. The Morgan fingerprint density at radius 2 is 2.08 bits per heavy atom. The van der Waals surface area contributed by atoms with Crippen molar-refractivity contribution in [3.63, 3.8) is 0 Å². The highest BCUT2D eigenvalue weighted by Crippen LogP contribution is 2.23. The van der Waals surface area contributed by atoms with E-state index in [-0.39, 0.29) is 18.0 Å². The number of aromatic nitrogens is 2. The third kappa shape index (κ3) is 3.23. The van der Waals surface area contributed by atoms with Gasteiger partial charge in [0.15, 0.2) is 0 Å². The number of hydrogen-bond acceptors (Lipinski definition) is 4. The zero-order valence-corrected chi connectivity index (χ0v) is 13.4. The molecule has 1 aromatic carbocycles. The van der Waals surface area contributed by atoms with E-state index in [1.165, 1.54) is 6.07 Å². The molecule has 124 valence electrons. The van der Waals surface area contributed by atoms with E-state index in [0.29, 0.717) is 31.9 Å². The number of carbonyl (C=O) groups excluding carboxylic acids is 1. The van der Waals surface area contributed by atoms with Crippen LogP contribution in [0.25, 0.3) is 0 Å². The predicted octanol–water partition coefficient (Wildman–Crippen LogP) is 1.55. The summed E-state index contributed by atoms with van der Waals surface area (Å²) >= 11 is 0. The first-order valence-electron chi connectivity index (χ1n) is 7.79. The monoisotopic (exact) mass is 327 g/mol. The lowest BCUT2D eigenvalue weighted by molar-refractivity contribution is -0.132. The van der Waals surface area contributed by atoms with Crippen molar-refractivity contribution in [2.45, 2.75) is 13.5 Å². The van der Waals surface area contributed by atoms with Gasteiger partial charge in [-0.3, -0.25) is 9.48 Å². The lowest BCUT2D eigenvalue weighted by Crippen LogP contribution is -2.49. The van der Waals surface area contributed by atoms with Crippen molar-refractivity contribution >= 4 is 11.6 Å². The van der Waals surface area contributed by atoms with E-state index in [2.05, 4.69) is 5.10 Å². The Hall–Kier alpha value is -2.88. The number of nitriles is 1. The second-order valence-electron chi connectivity index (χ2n) is 5.83. The summed E-state index contributed by atoms with van der Waals surface area (Å²) in [5.41, 5.74) is 1.67. The first-order valence-corrected chi connectivity index (χ1v) is 7.79. The van der Waals surface area contributed by atoms with E-state index < -0.39 is 5.82 Å². The fourth-order valence-corrected chi connectivity index (χ4v) is 2.88. The third-order valence-electron chi connectivity index (χ3n) is 4.14. The molecule has 0 spiro atoms. The minimum Gasteiger partial charge on any atom is -0.367 e. The molecule has 0 atom stereocenters. The molecule has 7 heteroatoms. The summed E-state index contributed by atoms with van der Waals surface area (Å²) in [6.45, 7) is 4.38. The van der Waals surface area contributed by atoms with Gasteiger partial charge < -0.3 is 9.80 Å². The standard InChI is InChI=1S/C17H18FN5O/c1-13-10-20-23(11-13)12-17(24)22-7-5-21(6-8-22)16-4-2-3-15(18)14(16)9-19/h2-4,10-11H,5-8,12H2,1H3. The predicted molar refractivity (Wildman–Crippen MR) is 86.9 cm³/mol. The lowest BCUT2D eigenvalue weighted by Gasteiger charge is -2.36. The molecule has 24 heavy (non-hydrogen) atoms. The maximum Gasteiger partial charge on any atom is 0.244 e. The molecule has 1 aromatic heterocycles. The molecule has 0 N–H and O–H groups in total. The normalized spacial score (nSPS) is 14.5. The van der Waals surface area contributed by atoms with Crippen LogP contribution < -0.4 is 4.90 Å². The van der Waals surface area contributed by atoms with Gasteiger partial charge in [-0.25, -0.2) is 4.39 Å². The quantitative estimate of drug-likeness (QED) is 0.858. The molecule has 0 bridgehead atoms. The minimum absolute atomic E-state index is 0.0116. The van der Waals surface area contributed by atoms with Crippen molar-refractivity contribution in [1.82, 2.24) is 14.7 Å². The molecule has 2 aromatic rings. The highest BCUT2D eigenvalue weighted by Gasteiger charge is 2.23. The van der Waals surface area contributed by atoms with Gasteiger partial charge in [0, 0.05) is 32.4 Å². The number of benzene rings is 1. The van der Waals surface area contributed by atoms with Crippen molar-refractivity contribution in [2.24, 2.45) is 0 Å². The molecule has 0 saturated carbocycles. The van der Waals surface area contributed by atoms with E-state index >= 15 is 0 Å². The maximum atomic E-state index is 13.7. The molecule has 1 aliphatic rings. The van der Waals surface area contributed by atoms with Crippen molar-refractivity contribution in [3.05, 3.63) is 47.5 Å². The fraction of sp³-hybridized carbons (Fsp3) is 0.353. The molecule has 3 rings (SSSR count). The molecule has 2 heterocycles. The molecule has 1 saturated heterocycles. The zero-order chi connectivity index (χ0) is 17.1. The number of rotatable bonds is 3. The van der Waals surface area contributed by atoms with E-state index in [9.17, 15) is 9.18 Å². The van der Waals surface area contributed by atoms with Gasteiger partial charge in [0.2, 0.25) is 5.91 Å². The Morgan fingerprint density at radius 3 is 2.71 bits per heavy atom. The molecule has 0 aliphatic carbocycles. The second-order valence-corrected chi connectivity index (χ2v) is 5.83. The average Bonchev–Trinajstić information content (AvgIpc) is 2.99. The smallest absolute Gasteiger partial charge is 0.244 e. The summed E-state index contributed by atoms with van der Waals surface area (Å²) in [5, 5.41) is 13.3. The molecular formula is C17H18FN5O. The van der Waals surface area contributed by atoms with Gasteiger partial charge in [-0.15, -0.1) is 0 Å². The molecule has 6 nitrogen and oxygen atoms in total. The van der Waals surface area contributed by atoms with Gasteiger partial charge in [0.1, 0.15) is 24.0 Å². The Morgan fingerprint density at radius 1 is 1.33 bits per heavy atom. The number of hydrogen-bond donors (Lipinski definition) is 0. The average molecular weight is 327 g/mol. The van der Waals surface area contributed by atoms with E-state index in [0.717, 1.165) is 5.56 Å². The van der Waals surface area contributed by atoms with Crippen LogP contribution in [0.2, 0.25) is 0 Å². The summed E-state index contributed by atoms with van der Waals surface area (Å²) in [5.74, 6) is -0.500. The zero-order valence-electron chi connectivity index (χ0n) is 13.4. The van der Waals surface area contributed by atoms with Crippen molar-refractivity contribution in [1.29, 1.82) is 5.26 Å². The Kier molecular flexibility index (Phi) is 4.47. The van der Waals surface area contributed by atoms with Crippen LogP contribution in [0, 0.1) is 24.1 Å². The summed E-state index contributed by atoms with van der Waals surface area (Å²) in [7, 11) is 0. The highest BCUT2D eigenvalue weighted by molar-refractivity contribution is 5.76. The number of anilines is 1. The molecule has 0 unspecified atom stereocenters. The summed E-state index contributed by atoms with van der Waals surface area (Å²) < 4.78 is 15.4. The van der Waals surface area contributed by atoms with Crippen molar-refractivity contribution in [3.8, 4) is 6.07 Å². The molecule has 1 amide bonds. The molecule has 0 radical (unpaired) electrons. The molecule has 1 fully saturated rings. The number of halogens is 1. The Balaban J connectivity index is 1.63. The fourth-order valence-electron chi connectivity index (χ4n) is 2.88. The number of piperazine rings is 1. The second kappa shape index (κ2) is 6.71. The van der Waals surface area contributed by atoms with Crippen LogP contribution in [0.15, 0.2) is 30.6 Å². The number of aryl methyl sites for hydroxylation is 1. The summed E-state index contributed by atoms with van der Waals surface area (Å²) in [4.78, 5) is 16.1. The maximum absolute atomic E-state index is 13.7. The highest BCUT2D eigenvalue weighted by atomic mass is 19.1. The van der Waals surface area contributed by atoms with E-state index in [1.807, 2.05) is 24.1 Å². The largest absolute Gasteiger partial charge is 0.367 e. The third-order valence-corrected chi connectivity index (χ3v) is 4.14. The van der Waals surface area contributed by atoms with Crippen LogP contribution in [-0.4, -0.2) is 46.8 Å². The van der Waals surface area contributed by atoms with Crippen LogP contribution in [0.3, 0.4) is 0 Å². The van der Waals surface area contributed by atoms with Gasteiger partial charge in [-0.05, 0) is 24.6 Å². The number of nitrogens with zero attached hydrogens (tertiary/aromatic N) is 5. The van der Waals surface area contributed by atoms with Crippen LogP contribution in [0.5, 0.6) is 0 Å². The summed E-state index contributed by atoms with van der Waals surface area (Å²) in [6, 6.07) is 6.55. The van der Waals surface area contributed by atoms with Crippen LogP contribution in [0.1, 0.15) is 11.1 Å². The molecular weight excluding hydrogens is 309 g/mol. The van der Waals surface area contributed by atoms with Crippen LogP contribution in [-0.2, 0) is 11.3 Å². The summed E-state index contributed by atoms with van der Waals surface area (Å²) in [6.07, 6.45) is 3.55. The topological polar surface area (TPSA) is 65.2 Å².